The van der Waals surface area contributed by atoms with Gasteiger partial charge in [-0.15, -0.1) is 0 Å². The zero-order valence-corrected chi connectivity index (χ0v) is 14.3. The third-order valence-electron chi connectivity index (χ3n) is 2.33. The number of aromatic carboxylic acids is 1. The van der Waals surface area contributed by atoms with Gasteiger partial charge in [-0.25, -0.2) is 9.18 Å². The number of alkyl halides is 1. The van der Waals surface area contributed by atoms with Crippen LogP contribution in [-0.4, -0.2) is 23.7 Å². The predicted molar refractivity (Wildman–Crippen MR) is 93.7 cm³/mol. The zero-order chi connectivity index (χ0) is 19.0. The van der Waals surface area contributed by atoms with Gasteiger partial charge in [-0.05, 0) is 38.1 Å². The second-order valence-electron chi connectivity index (χ2n) is 3.89. The topological polar surface area (TPSA) is 90.2 Å². The first-order valence-corrected chi connectivity index (χ1v) is 7.38. The number of nitrogens with one attached hydrogen (secondary N) is 1. The van der Waals surface area contributed by atoms with Crippen molar-refractivity contribution >= 4 is 17.6 Å². The number of nitriles is 1. The first-order chi connectivity index (χ1) is 11.5. The monoisotopic (exact) mass is 334 g/mol. The van der Waals surface area contributed by atoms with Gasteiger partial charge in [0, 0.05) is 6.08 Å². The Morgan fingerprint density at radius 1 is 1.29 bits per heavy atom. The van der Waals surface area contributed by atoms with Crippen LogP contribution in [0.15, 0.2) is 42.5 Å². The van der Waals surface area contributed by atoms with Crippen LogP contribution in [0.4, 0.5) is 10.1 Å². The fraction of sp³-hybridized carbons (Fsp3) is 0.278. The molecular formula is C18H23FN2O3. The number of benzene rings is 1. The minimum atomic E-state index is -1.27. The fourth-order valence-electron chi connectivity index (χ4n) is 1.23. The van der Waals surface area contributed by atoms with Gasteiger partial charge in [0.05, 0.1) is 22.9 Å². The van der Waals surface area contributed by atoms with Crippen molar-refractivity contribution in [2.45, 2.75) is 27.7 Å². The number of carboxylic acids is 1. The summed E-state index contributed by atoms with van der Waals surface area (Å²) >= 11 is 0. The van der Waals surface area contributed by atoms with E-state index in [1.807, 2.05) is 39.8 Å². The van der Waals surface area contributed by atoms with E-state index in [0.29, 0.717) is 0 Å². The van der Waals surface area contributed by atoms with Crippen LogP contribution in [0, 0.1) is 11.3 Å². The first-order valence-electron chi connectivity index (χ1n) is 7.38. The number of anilines is 1. The van der Waals surface area contributed by atoms with E-state index in [9.17, 15) is 14.0 Å². The Bertz CT molecular complexity index is 613. The first kappa shape index (κ1) is 23.3. The quantitative estimate of drug-likeness (QED) is 0.633. The largest absolute Gasteiger partial charge is 0.478 e. The van der Waals surface area contributed by atoms with E-state index in [1.165, 1.54) is 12.1 Å². The number of hydrogen-bond donors (Lipinski definition) is 2. The van der Waals surface area contributed by atoms with Crippen LogP contribution in [0.5, 0.6) is 0 Å². The number of rotatable bonds is 4. The molecule has 0 aliphatic carbocycles. The van der Waals surface area contributed by atoms with Crippen LogP contribution in [0.2, 0.25) is 0 Å². The van der Waals surface area contributed by atoms with Crippen molar-refractivity contribution in [3.8, 4) is 6.07 Å². The summed E-state index contributed by atoms with van der Waals surface area (Å²) in [5.74, 6) is -1.91. The van der Waals surface area contributed by atoms with Crippen LogP contribution in [0.25, 0.3) is 0 Å². The van der Waals surface area contributed by atoms with Crippen molar-refractivity contribution in [3.05, 3.63) is 53.6 Å². The number of carbonyl (C=O) groups is 2. The van der Waals surface area contributed by atoms with Gasteiger partial charge >= 0.3 is 5.97 Å². The lowest BCUT2D eigenvalue weighted by Crippen LogP contribution is -2.12. The normalized spacial score (nSPS) is 9.33. The van der Waals surface area contributed by atoms with Gasteiger partial charge in [0.25, 0.3) is 0 Å². The molecule has 130 valence electrons. The summed E-state index contributed by atoms with van der Waals surface area (Å²) in [5, 5.41) is 19.9. The van der Waals surface area contributed by atoms with Gasteiger partial charge in [0.1, 0.15) is 6.67 Å². The van der Waals surface area contributed by atoms with E-state index >= 15 is 0 Å². The Morgan fingerprint density at radius 2 is 1.88 bits per heavy atom. The van der Waals surface area contributed by atoms with Crippen LogP contribution in [0.1, 0.15) is 43.6 Å². The Balaban J connectivity index is 0. The highest BCUT2D eigenvalue weighted by molar-refractivity contribution is 6.04. The van der Waals surface area contributed by atoms with Crippen LogP contribution < -0.4 is 5.32 Å². The van der Waals surface area contributed by atoms with Crippen molar-refractivity contribution in [2.75, 3.05) is 12.0 Å². The summed E-state index contributed by atoms with van der Waals surface area (Å²) in [6.07, 6.45) is 5.96. The van der Waals surface area contributed by atoms with Crippen molar-refractivity contribution in [1.82, 2.24) is 0 Å². The Labute approximate surface area is 142 Å². The van der Waals surface area contributed by atoms with Crippen LogP contribution in [-0.2, 0) is 4.79 Å². The summed E-state index contributed by atoms with van der Waals surface area (Å²) in [7, 11) is 0. The lowest BCUT2D eigenvalue weighted by atomic mass is 10.1. The highest BCUT2D eigenvalue weighted by atomic mass is 19.1. The molecule has 1 aromatic rings. The molecule has 6 heteroatoms. The van der Waals surface area contributed by atoms with Gasteiger partial charge < -0.3 is 10.4 Å². The third kappa shape index (κ3) is 9.90. The van der Waals surface area contributed by atoms with Gasteiger partial charge in [-0.2, -0.15) is 5.26 Å². The van der Waals surface area contributed by atoms with E-state index < -0.39 is 18.6 Å². The van der Waals surface area contributed by atoms with Gasteiger partial charge in [-0.3, -0.25) is 4.79 Å². The molecule has 0 spiro atoms. The minimum Gasteiger partial charge on any atom is -0.478 e. The maximum Gasteiger partial charge on any atom is 0.337 e. The average molecular weight is 334 g/mol. The molecule has 0 heterocycles. The van der Waals surface area contributed by atoms with Crippen LogP contribution >= 0.6 is 0 Å². The van der Waals surface area contributed by atoms with E-state index in [-0.39, 0.29) is 16.8 Å². The van der Waals surface area contributed by atoms with Crippen molar-refractivity contribution in [3.63, 3.8) is 0 Å². The highest BCUT2D eigenvalue weighted by Gasteiger charge is 2.12. The predicted octanol–water partition coefficient (Wildman–Crippen LogP) is 4.33. The minimum absolute atomic E-state index is 0.0509. The van der Waals surface area contributed by atoms with E-state index in [1.54, 1.807) is 6.07 Å². The van der Waals surface area contributed by atoms with Crippen molar-refractivity contribution < 1.29 is 19.1 Å². The van der Waals surface area contributed by atoms with Crippen molar-refractivity contribution in [2.24, 2.45) is 0 Å². The smallest absolute Gasteiger partial charge is 0.337 e. The van der Waals surface area contributed by atoms with Gasteiger partial charge in [0.2, 0.25) is 5.91 Å². The third-order valence-corrected chi connectivity index (χ3v) is 2.33. The summed E-state index contributed by atoms with van der Waals surface area (Å²) in [6.45, 7) is 7.21. The molecule has 1 rings (SSSR count). The molecular weight excluding hydrogens is 311 g/mol. The van der Waals surface area contributed by atoms with Crippen molar-refractivity contribution in [1.29, 1.82) is 5.26 Å². The molecule has 1 aromatic carbocycles. The molecule has 0 aromatic heterocycles. The number of hydrogen-bond acceptors (Lipinski definition) is 3. The molecule has 1 amide bonds. The number of allylic oxidation sites excluding steroid dienone is 3. The zero-order valence-electron chi connectivity index (χ0n) is 14.3. The average Bonchev–Trinajstić information content (AvgIpc) is 2.62. The molecule has 2 N–H and O–H groups in total. The maximum atomic E-state index is 11.8. The molecule has 0 bridgehead atoms. The Morgan fingerprint density at radius 3 is 2.29 bits per heavy atom. The number of carbonyl (C=O) groups excluding carboxylic acids is 1. The molecule has 0 saturated carbocycles. The van der Waals surface area contributed by atoms with Crippen LogP contribution in [0.3, 0.4) is 0 Å². The molecule has 0 atom stereocenters. The molecule has 5 nitrogen and oxygen atoms in total. The SMILES string of the molecule is C/C=C\C.CC.N#Cc1ccc(NC(=O)/C=C/CF)c(C(=O)O)c1. The Hall–Kier alpha value is -2.94. The van der Waals surface area contributed by atoms with E-state index in [0.717, 1.165) is 18.2 Å². The molecule has 0 unspecified atom stereocenters. The number of carboxylic acid groups (broad SMARTS) is 1. The molecule has 0 radical (unpaired) electrons. The van der Waals surface area contributed by atoms with Gasteiger partial charge in [-0.1, -0.05) is 26.0 Å². The summed E-state index contributed by atoms with van der Waals surface area (Å²) < 4.78 is 11.8. The summed E-state index contributed by atoms with van der Waals surface area (Å²) in [5.41, 5.74) is 0.0238. The summed E-state index contributed by atoms with van der Waals surface area (Å²) in [6, 6.07) is 5.63. The Kier molecular flexibility index (Phi) is 14.6. The second-order valence-corrected chi connectivity index (χ2v) is 3.89. The number of amides is 1. The fourth-order valence-corrected chi connectivity index (χ4v) is 1.23. The second kappa shape index (κ2) is 15.0. The molecule has 0 fully saturated rings. The molecule has 0 aliphatic rings. The lowest BCUT2D eigenvalue weighted by molar-refractivity contribution is -0.111. The molecule has 0 saturated heterocycles. The van der Waals surface area contributed by atoms with E-state index in [2.05, 4.69) is 5.32 Å². The number of halogens is 1. The molecule has 0 aliphatic heterocycles. The lowest BCUT2D eigenvalue weighted by Gasteiger charge is -2.06. The number of nitrogens with zero attached hydrogens (tertiary/aromatic N) is 1. The maximum absolute atomic E-state index is 11.8. The molecule has 24 heavy (non-hydrogen) atoms. The highest BCUT2D eigenvalue weighted by Crippen LogP contribution is 2.17. The summed E-state index contributed by atoms with van der Waals surface area (Å²) in [4.78, 5) is 22.2. The standard InChI is InChI=1S/C12H9FN2O3.C4H8.C2H6/c13-5-1-2-11(16)15-10-4-3-8(7-14)6-9(10)12(17)18;1-3-4-2;1-2/h1-4,6H,5H2,(H,15,16)(H,17,18);3-4H,1-2H3;1-2H3/b2-1+;4-3-;. The van der Waals surface area contributed by atoms with E-state index in [4.69, 9.17) is 10.4 Å². The van der Waals surface area contributed by atoms with Gasteiger partial charge in [0.15, 0.2) is 0 Å².